The zero-order valence-corrected chi connectivity index (χ0v) is 8.84. The van der Waals surface area contributed by atoms with Gasteiger partial charge in [-0.25, -0.2) is 0 Å². The van der Waals surface area contributed by atoms with E-state index in [9.17, 15) is 10.0 Å². The molecule has 0 bridgehead atoms. The van der Waals surface area contributed by atoms with Gasteiger partial charge in [0.05, 0.1) is 0 Å². The molecule has 1 saturated carbocycles. The summed E-state index contributed by atoms with van der Waals surface area (Å²) in [6.45, 7) is 3.51. The van der Waals surface area contributed by atoms with Gasteiger partial charge in [-0.15, -0.1) is 0 Å². The molecule has 1 aliphatic heterocycles. The Morgan fingerprint density at radius 2 is 1.86 bits per heavy atom. The molecule has 80 valence electrons. The summed E-state index contributed by atoms with van der Waals surface area (Å²) in [5, 5.41) is 14.2. The predicted molar refractivity (Wildman–Crippen MR) is 51.7 cm³/mol. The van der Waals surface area contributed by atoms with Crippen molar-refractivity contribution in [2.24, 2.45) is 0 Å². The van der Waals surface area contributed by atoms with Crippen molar-refractivity contribution < 1.29 is 10.0 Å². The summed E-state index contributed by atoms with van der Waals surface area (Å²) < 4.78 is 0. The van der Waals surface area contributed by atoms with Gasteiger partial charge in [-0.1, -0.05) is 6.42 Å². The maximum atomic E-state index is 11.7. The summed E-state index contributed by atoms with van der Waals surface area (Å²) in [6, 6.07) is 0. The van der Waals surface area contributed by atoms with Gasteiger partial charge < -0.3 is 10.5 Å². The molecule has 1 amide bonds. The van der Waals surface area contributed by atoms with Crippen LogP contribution in [0.1, 0.15) is 46.0 Å². The number of carbonyl (C=O) groups is 1. The maximum absolute atomic E-state index is 11.7. The molecule has 0 atom stereocenters. The first-order chi connectivity index (χ1) is 6.49. The van der Waals surface area contributed by atoms with Crippen molar-refractivity contribution in [3.8, 4) is 0 Å². The van der Waals surface area contributed by atoms with Crippen molar-refractivity contribution in [1.82, 2.24) is 10.4 Å². The Labute approximate surface area is 84.2 Å². The van der Waals surface area contributed by atoms with E-state index in [-0.39, 0.29) is 5.91 Å². The molecule has 4 heteroatoms. The number of rotatable bonds is 0. The molecule has 2 N–H and O–H groups in total. The Kier molecular flexibility index (Phi) is 2.08. The Hall–Kier alpha value is -0.610. The van der Waals surface area contributed by atoms with Crippen LogP contribution in [-0.2, 0) is 4.79 Å². The molecule has 1 spiro atoms. The van der Waals surface area contributed by atoms with Crippen molar-refractivity contribution in [3.63, 3.8) is 0 Å². The van der Waals surface area contributed by atoms with Gasteiger partial charge in [0.15, 0.2) is 0 Å². The average Bonchev–Trinajstić information content (AvgIpc) is 2.31. The Bertz CT molecular complexity index is 257. The molecular weight excluding hydrogens is 180 g/mol. The van der Waals surface area contributed by atoms with Crippen LogP contribution >= 0.6 is 0 Å². The Balaban J connectivity index is 2.26. The van der Waals surface area contributed by atoms with Crippen molar-refractivity contribution in [2.45, 2.75) is 57.2 Å². The molecule has 0 unspecified atom stereocenters. The van der Waals surface area contributed by atoms with Crippen LogP contribution in [0.4, 0.5) is 0 Å². The standard InChI is InChI=1S/C10H18N2O2/c1-9(2)8(13)11-10(12(9)14)6-4-3-5-7-10/h14H,3-7H2,1-2H3,(H,11,13). The third-order valence-electron chi connectivity index (χ3n) is 3.52. The predicted octanol–water partition coefficient (Wildman–Crippen LogP) is 1.25. The molecule has 14 heavy (non-hydrogen) atoms. The molecule has 1 saturated heterocycles. The first kappa shape index (κ1) is 9.93. The number of hydrogen-bond acceptors (Lipinski definition) is 3. The van der Waals surface area contributed by atoms with Gasteiger partial charge in [0.25, 0.3) is 0 Å². The lowest BCUT2D eigenvalue weighted by atomic mass is 9.89. The van der Waals surface area contributed by atoms with Gasteiger partial charge in [0, 0.05) is 0 Å². The van der Waals surface area contributed by atoms with E-state index >= 15 is 0 Å². The van der Waals surface area contributed by atoms with E-state index in [1.165, 1.54) is 11.5 Å². The lowest BCUT2D eigenvalue weighted by molar-refractivity contribution is -0.213. The summed E-state index contributed by atoms with van der Waals surface area (Å²) in [6.07, 6.45) is 5.07. The van der Waals surface area contributed by atoms with Crippen molar-refractivity contribution in [3.05, 3.63) is 0 Å². The lowest BCUT2D eigenvalue weighted by Gasteiger charge is -2.39. The first-order valence-corrected chi connectivity index (χ1v) is 5.31. The molecule has 1 heterocycles. The third-order valence-corrected chi connectivity index (χ3v) is 3.52. The molecule has 1 aliphatic carbocycles. The van der Waals surface area contributed by atoms with Crippen molar-refractivity contribution >= 4 is 5.91 Å². The summed E-state index contributed by atoms with van der Waals surface area (Å²) in [7, 11) is 0. The molecular formula is C10H18N2O2. The van der Waals surface area contributed by atoms with E-state index < -0.39 is 11.2 Å². The maximum Gasteiger partial charge on any atom is 0.243 e. The number of hydroxylamine groups is 2. The van der Waals surface area contributed by atoms with Crippen LogP contribution in [0.15, 0.2) is 0 Å². The molecule has 0 radical (unpaired) electrons. The summed E-state index contributed by atoms with van der Waals surface area (Å²) in [5.41, 5.74) is -1.25. The molecule has 2 aliphatic rings. The van der Waals surface area contributed by atoms with Crippen LogP contribution < -0.4 is 5.32 Å². The van der Waals surface area contributed by atoms with E-state index in [4.69, 9.17) is 0 Å². The van der Waals surface area contributed by atoms with Crippen LogP contribution in [0.2, 0.25) is 0 Å². The van der Waals surface area contributed by atoms with Crippen LogP contribution in [0, 0.1) is 0 Å². The number of amides is 1. The molecule has 4 nitrogen and oxygen atoms in total. The zero-order valence-electron chi connectivity index (χ0n) is 8.84. The smallest absolute Gasteiger partial charge is 0.243 e. The van der Waals surface area contributed by atoms with Crippen molar-refractivity contribution in [1.29, 1.82) is 0 Å². The highest BCUT2D eigenvalue weighted by molar-refractivity contribution is 5.88. The number of hydrogen-bond donors (Lipinski definition) is 2. The number of nitrogens with one attached hydrogen (secondary N) is 1. The largest absolute Gasteiger partial charge is 0.334 e. The van der Waals surface area contributed by atoms with Gasteiger partial charge in [-0.05, 0) is 39.5 Å². The lowest BCUT2D eigenvalue weighted by Crippen LogP contribution is -2.54. The second-order valence-corrected chi connectivity index (χ2v) is 4.92. The second-order valence-electron chi connectivity index (χ2n) is 4.92. The SMILES string of the molecule is CC1(C)C(=O)NC2(CCCCC2)N1O. The van der Waals surface area contributed by atoms with E-state index in [0.717, 1.165) is 25.7 Å². The van der Waals surface area contributed by atoms with Crippen molar-refractivity contribution in [2.75, 3.05) is 0 Å². The fourth-order valence-electron chi connectivity index (χ4n) is 2.52. The molecule has 0 aromatic rings. The quantitative estimate of drug-likeness (QED) is 0.616. The number of carbonyl (C=O) groups excluding carboxylic acids is 1. The highest BCUT2D eigenvalue weighted by Gasteiger charge is 2.55. The molecule has 2 rings (SSSR count). The van der Waals surface area contributed by atoms with Gasteiger partial charge in [0.1, 0.15) is 11.2 Å². The Morgan fingerprint density at radius 3 is 2.29 bits per heavy atom. The zero-order chi connectivity index (χ0) is 10.4. The average molecular weight is 198 g/mol. The molecule has 0 aromatic carbocycles. The van der Waals surface area contributed by atoms with Crippen LogP contribution in [-0.4, -0.2) is 27.4 Å². The van der Waals surface area contributed by atoms with Crippen LogP contribution in [0.3, 0.4) is 0 Å². The van der Waals surface area contributed by atoms with E-state index in [1.54, 1.807) is 13.8 Å². The minimum Gasteiger partial charge on any atom is -0.334 e. The highest BCUT2D eigenvalue weighted by atomic mass is 16.5. The summed E-state index contributed by atoms with van der Waals surface area (Å²) >= 11 is 0. The number of nitrogens with zero attached hydrogens (tertiary/aromatic N) is 1. The third kappa shape index (κ3) is 1.17. The topological polar surface area (TPSA) is 52.6 Å². The van der Waals surface area contributed by atoms with Gasteiger partial charge in [-0.3, -0.25) is 4.79 Å². The molecule has 2 fully saturated rings. The summed E-state index contributed by atoms with van der Waals surface area (Å²) in [5.74, 6) is -0.0677. The minimum absolute atomic E-state index is 0.0677. The monoisotopic (exact) mass is 198 g/mol. The van der Waals surface area contributed by atoms with E-state index in [0.29, 0.717) is 0 Å². The summed E-state index contributed by atoms with van der Waals surface area (Å²) in [4.78, 5) is 11.7. The van der Waals surface area contributed by atoms with E-state index in [1.807, 2.05) is 0 Å². The minimum atomic E-state index is -0.780. The molecule has 0 aromatic heterocycles. The van der Waals surface area contributed by atoms with Gasteiger partial charge in [0.2, 0.25) is 5.91 Å². The first-order valence-electron chi connectivity index (χ1n) is 5.31. The van der Waals surface area contributed by atoms with Crippen LogP contribution in [0.25, 0.3) is 0 Å². The van der Waals surface area contributed by atoms with Gasteiger partial charge >= 0.3 is 0 Å². The Morgan fingerprint density at radius 1 is 1.29 bits per heavy atom. The second kappa shape index (κ2) is 2.94. The highest BCUT2D eigenvalue weighted by Crippen LogP contribution is 2.39. The van der Waals surface area contributed by atoms with E-state index in [2.05, 4.69) is 5.32 Å². The fourth-order valence-corrected chi connectivity index (χ4v) is 2.52. The normalized spacial score (nSPS) is 30.6. The van der Waals surface area contributed by atoms with Crippen LogP contribution in [0.5, 0.6) is 0 Å². The fraction of sp³-hybridized carbons (Fsp3) is 0.900. The van der Waals surface area contributed by atoms with Gasteiger partial charge in [-0.2, -0.15) is 5.06 Å².